The number of urea groups is 1. The Morgan fingerprint density at radius 2 is 1.76 bits per heavy atom. The van der Waals surface area contributed by atoms with Crippen molar-refractivity contribution < 1.29 is 36.3 Å². The first-order chi connectivity index (χ1) is 15.5. The molecule has 2 heterocycles. The Kier molecular flexibility index (Phi) is 5.64. The second kappa shape index (κ2) is 8.17. The van der Waals surface area contributed by atoms with Crippen molar-refractivity contribution in [3.05, 3.63) is 65.4 Å². The van der Waals surface area contributed by atoms with Crippen molar-refractivity contribution in [2.24, 2.45) is 0 Å². The van der Waals surface area contributed by atoms with Crippen molar-refractivity contribution >= 4 is 38.9 Å². The molecule has 2 aromatic rings. The first-order valence-electron chi connectivity index (χ1n) is 9.58. The van der Waals surface area contributed by atoms with Crippen LogP contribution in [-0.2, 0) is 14.8 Å². The van der Waals surface area contributed by atoms with Gasteiger partial charge in [0.2, 0.25) is 0 Å². The van der Waals surface area contributed by atoms with Gasteiger partial charge in [-0.15, -0.1) is 0 Å². The fourth-order valence-electron chi connectivity index (χ4n) is 3.61. The second-order valence-electron chi connectivity index (χ2n) is 7.14. The Morgan fingerprint density at radius 3 is 2.45 bits per heavy atom. The Hall–Kier alpha value is -3.42. The first kappa shape index (κ1) is 22.8. The van der Waals surface area contributed by atoms with Crippen LogP contribution < -0.4 is 20.3 Å². The monoisotopic (exact) mass is 482 g/mol. The summed E-state index contributed by atoms with van der Waals surface area (Å²) in [5.74, 6) is -0.751. The van der Waals surface area contributed by atoms with Gasteiger partial charge in [0, 0.05) is 29.9 Å². The molecule has 2 aliphatic rings. The van der Waals surface area contributed by atoms with Gasteiger partial charge in [-0.1, -0.05) is 36.4 Å². The largest absolute Gasteiger partial charge is 0.511 e. The molecule has 0 spiro atoms. The van der Waals surface area contributed by atoms with Crippen LogP contribution in [0.15, 0.2) is 54.2 Å². The number of nitrogens with one attached hydrogen (secondary N) is 3. The molecule has 3 amide bonds. The maximum Gasteiger partial charge on any atom is 0.511 e. The van der Waals surface area contributed by atoms with Crippen molar-refractivity contribution in [3.63, 3.8) is 0 Å². The maximum absolute atomic E-state index is 13.2. The van der Waals surface area contributed by atoms with Crippen molar-refractivity contribution in [3.8, 4) is 0 Å². The maximum atomic E-state index is 13.2. The summed E-state index contributed by atoms with van der Waals surface area (Å²) in [4.78, 5) is 26.7. The zero-order chi connectivity index (χ0) is 24.0. The average Bonchev–Trinajstić information content (AvgIpc) is 3.23. The van der Waals surface area contributed by atoms with E-state index in [1.807, 2.05) is 0 Å². The van der Waals surface area contributed by atoms with Crippen LogP contribution in [0.3, 0.4) is 0 Å². The summed E-state index contributed by atoms with van der Waals surface area (Å²) in [5, 5.41) is 16.0. The summed E-state index contributed by atoms with van der Waals surface area (Å²) in [6, 6.07) is 12.3. The smallest absolute Gasteiger partial charge is 0.382 e. The van der Waals surface area contributed by atoms with Crippen LogP contribution in [0.4, 0.5) is 29.3 Å². The van der Waals surface area contributed by atoms with Gasteiger partial charge in [-0.25, -0.2) is 22.8 Å². The van der Waals surface area contributed by atoms with E-state index in [1.54, 1.807) is 42.5 Å². The lowest BCUT2D eigenvalue weighted by atomic mass is 10.0. The second-order valence-corrected chi connectivity index (χ2v) is 8.90. The van der Waals surface area contributed by atoms with E-state index in [0.29, 0.717) is 16.8 Å². The number of benzene rings is 2. The number of carbonyl (C=O) groups is 2. The number of amides is 3. The Bertz CT molecular complexity index is 1280. The molecule has 174 valence electrons. The highest BCUT2D eigenvalue weighted by Gasteiger charge is 2.45. The third-order valence-electron chi connectivity index (χ3n) is 5.10. The minimum atomic E-state index is -5.55. The summed E-state index contributed by atoms with van der Waals surface area (Å²) in [7, 11) is -5.55. The van der Waals surface area contributed by atoms with E-state index in [4.69, 9.17) is 0 Å². The standard InChI is InChI=1S/C20H17F3N4O5S/c21-20(22,23)33(31,32)25-10-9-24-19(30)27-14-8-4-2-6-12(14)15(18(27)29)16-17(28)11-5-1-3-7-13(11)26-16/h1-8,17,25-26,28H,9-10H2,(H,24,30)/b16-15-. The Balaban J connectivity index is 1.55. The molecule has 0 saturated carbocycles. The fourth-order valence-corrected chi connectivity index (χ4v) is 4.15. The average molecular weight is 482 g/mol. The summed E-state index contributed by atoms with van der Waals surface area (Å²) >= 11 is 0. The number of hydrogen-bond acceptors (Lipinski definition) is 6. The van der Waals surface area contributed by atoms with Gasteiger partial charge in [0.25, 0.3) is 5.91 Å². The number of rotatable bonds is 4. The van der Waals surface area contributed by atoms with Crippen LogP contribution in [0.1, 0.15) is 17.2 Å². The van der Waals surface area contributed by atoms with Crippen molar-refractivity contribution in [1.29, 1.82) is 0 Å². The van der Waals surface area contributed by atoms with E-state index in [2.05, 4.69) is 10.6 Å². The number of fused-ring (bicyclic) bond motifs is 2. The molecule has 33 heavy (non-hydrogen) atoms. The van der Waals surface area contributed by atoms with E-state index < -0.39 is 46.7 Å². The lowest BCUT2D eigenvalue weighted by molar-refractivity contribution is -0.112. The molecule has 0 radical (unpaired) electrons. The van der Waals surface area contributed by atoms with Crippen LogP contribution in [0.2, 0.25) is 0 Å². The van der Waals surface area contributed by atoms with E-state index >= 15 is 0 Å². The van der Waals surface area contributed by atoms with Crippen molar-refractivity contribution in [2.75, 3.05) is 23.3 Å². The molecule has 0 saturated heterocycles. The minimum absolute atomic E-state index is 0.0715. The predicted octanol–water partition coefficient (Wildman–Crippen LogP) is 2.05. The quantitative estimate of drug-likeness (QED) is 0.390. The summed E-state index contributed by atoms with van der Waals surface area (Å²) in [5.41, 5.74) is -3.45. The highest BCUT2D eigenvalue weighted by molar-refractivity contribution is 7.90. The number of sulfonamides is 1. The molecule has 0 bridgehead atoms. The van der Waals surface area contributed by atoms with Gasteiger partial charge in [0.15, 0.2) is 0 Å². The van der Waals surface area contributed by atoms with Gasteiger partial charge < -0.3 is 15.7 Å². The molecule has 9 nitrogen and oxygen atoms in total. The third-order valence-corrected chi connectivity index (χ3v) is 6.29. The van der Waals surface area contributed by atoms with Gasteiger partial charge in [0.1, 0.15) is 6.10 Å². The fraction of sp³-hybridized carbons (Fsp3) is 0.200. The predicted molar refractivity (Wildman–Crippen MR) is 112 cm³/mol. The topological polar surface area (TPSA) is 128 Å². The van der Waals surface area contributed by atoms with Crippen LogP contribution in [-0.4, -0.2) is 44.1 Å². The van der Waals surface area contributed by atoms with Gasteiger partial charge in [0.05, 0.1) is 17.0 Å². The number of imide groups is 1. The number of halogens is 3. The van der Waals surface area contributed by atoms with Crippen molar-refractivity contribution in [1.82, 2.24) is 10.0 Å². The number of anilines is 2. The number of nitrogens with zero attached hydrogens (tertiary/aromatic N) is 1. The molecule has 2 aromatic carbocycles. The van der Waals surface area contributed by atoms with Gasteiger partial charge in [-0.3, -0.25) is 4.79 Å². The highest BCUT2D eigenvalue weighted by atomic mass is 32.2. The first-order valence-corrected chi connectivity index (χ1v) is 11.1. The lowest BCUT2D eigenvalue weighted by Gasteiger charge is -2.17. The molecule has 1 unspecified atom stereocenters. The van der Waals surface area contributed by atoms with Gasteiger partial charge in [-0.05, 0) is 12.1 Å². The zero-order valence-corrected chi connectivity index (χ0v) is 17.5. The Labute approximate surface area is 185 Å². The zero-order valence-electron chi connectivity index (χ0n) is 16.7. The van der Waals surface area contributed by atoms with Crippen LogP contribution in [0.5, 0.6) is 0 Å². The summed E-state index contributed by atoms with van der Waals surface area (Å²) in [6.07, 6.45) is -1.13. The van der Waals surface area contributed by atoms with Gasteiger partial charge >= 0.3 is 21.6 Å². The van der Waals surface area contributed by atoms with E-state index in [0.717, 1.165) is 4.90 Å². The third kappa shape index (κ3) is 3.94. The SMILES string of the molecule is O=C(NCCNS(=O)(=O)C(F)(F)F)N1C(=O)/C(=C2\Nc3ccccc3C2O)c2ccccc21. The van der Waals surface area contributed by atoms with Crippen LogP contribution >= 0.6 is 0 Å². The van der Waals surface area contributed by atoms with Crippen LogP contribution in [0, 0.1) is 0 Å². The number of hydrogen-bond donors (Lipinski definition) is 4. The molecule has 2 aliphatic heterocycles. The van der Waals surface area contributed by atoms with Crippen LogP contribution in [0.25, 0.3) is 5.57 Å². The summed E-state index contributed by atoms with van der Waals surface area (Å²) in [6.45, 7) is -1.24. The molecule has 0 aromatic heterocycles. The van der Waals surface area contributed by atoms with Gasteiger partial charge in [-0.2, -0.15) is 13.2 Å². The molecule has 13 heteroatoms. The molecule has 0 aliphatic carbocycles. The van der Waals surface area contributed by atoms with E-state index in [9.17, 15) is 36.3 Å². The van der Waals surface area contributed by atoms with Crippen molar-refractivity contribution in [2.45, 2.75) is 11.6 Å². The number of aliphatic hydroxyl groups is 1. The number of alkyl halides is 3. The molecule has 1 atom stereocenters. The number of carbonyl (C=O) groups excluding carboxylic acids is 2. The molecular weight excluding hydrogens is 465 g/mol. The molecular formula is C20H17F3N4O5S. The molecule has 0 fully saturated rings. The lowest BCUT2D eigenvalue weighted by Crippen LogP contribution is -2.46. The minimum Gasteiger partial charge on any atom is -0.382 e. The Morgan fingerprint density at radius 1 is 1.09 bits per heavy atom. The van der Waals surface area contributed by atoms with E-state index in [-0.39, 0.29) is 17.0 Å². The normalized spacial score (nSPS) is 19.8. The van der Waals surface area contributed by atoms with E-state index in [1.165, 1.54) is 10.8 Å². The summed E-state index contributed by atoms with van der Waals surface area (Å²) < 4.78 is 60.5. The number of para-hydroxylation sites is 2. The number of aliphatic hydroxyl groups excluding tert-OH is 1. The molecule has 4 rings (SSSR count). The molecule has 4 N–H and O–H groups in total. The highest BCUT2D eigenvalue weighted by Crippen LogP contribution is 2.45.